The fourth-order valence-corrected chi connectivity index (χ4v) is 8.71. The highest BCUT2D eigenvalue weighted by Crippen LogP contribution is 2.51. The van der Waals surface area contributed by atoms with Gasteiger partial charge in [0.2, 0.25) is 5.91 Å². The molecule has 1 aromatic heterocycles. The standard InChI is InChI=1S/C42H49N3O5/c1-41(2)26-33-22-32(21-31-23-37(49-5)25-38(50-6)39(31)41)40(46)45(28-29-10-9-11-34(18-29)44-14-7-8-15-44)42(33)12-16-43(17-13-42)27-30-19-35(47-3)24-36(20-30)48-4/h7-11,14-15,18-20,23-26,32H,12-13,16-17,21-22,27-28H2,1-6H3/b33-26+. The van der Waals surface area contributed by atoms with Crippen LogP contribution < -0.4 is 18.9 Å². The molecule has 2 fully saturated rings. The molecular weight excluding hydrogens is 626 g/mol. The van der Waals surface area contributed by atoms with Crippen LogP contribution in [-0.4, -0.2) is 67.3 Å². The van der Waals surface area contributed by atoms with E-state index in [2.05, 4.69) is 89.1 Å². The van der Waals surface area contributed by atoms with E-state index in [1.807, 2.05) is 24.3 Å². The van der Waals surface area contributed by atoms with Gasteiger partial charge in [-0.3, -0.25) is 9.69 Å². The molecule has 8 nitrogen and oxygen atoms in total. The Kier molecular flexibility index (Phi) is 9.16. The van der Waals surface area contributed by atoms with E-state index >= 15 is 0 Å². The molecule has 7 rings (SSSR count). The lowest BCUT2D eigenvalue weighted by Crippen LogP contribution is -2.62. The van der Waals surface area contributed by atoms with Gasteiger partial charge in [-0.1, -0.05) is 32.1 Å². The molecule has 1 amide bonds. The van der Waals surface area contributed by atoms with E-state index in [0.717, 1.165) is 89.8 Å². The van der Waals surface area contributed by atoms with Crippen LogP contribution in [0.1, 0.15) is 55.4 Å². The monoisotopic (exact) mass is 675 g/mol. The number of hydrogen-bond acceptors (Lipinski definition) is 6. The van der Waals surface area contributed by atoms with Gasteiger partial charge in [-0.05, 0) is 90.4 Å². The van der Waals surface area contributed by atoms with Crippen molar-refractivity contribution >= 4 is 5.91 Å². The Balaban J connectivity index is 1.28. The summed E-state index contributed by atoms with van der Waals surface area (Å²) in [5.41, 5.74) is 6.30. The normalized spacial score (nSPS) is 20.7. The zero-order chi connectivity index (χ0) is 35.0. The average molecular weight is 676 g/mol. The quantitative estimate of drug-likeness (QED) is 0.173. The van der Waals surface area contributed by atoms with E-state index in [0.29, 0.717) is 13.0 Å². The highest BCUT2D eigenvalue weighted by molar-refractivity contribution is 5.83. The minimum Gasteiger partial charge on any atom is -0.497 e. The van der Waals surface area contributed by atoms with Crippen LogP contribution in [0.4, 0.5) is 0 Å². The lowest BCUT2D eigenvalue weighted by molar-refractivity contribution is -0.147. The zero-order valence-corrected chi connectivity index (χ0v) is 30.2. The first-order chi connectivity index (χ1) is 24.2. The van der Waals surface area contributed by atoms with Gasteiger partial charge < -0.3 is 28.4 Å². The maximum absolute atomic E-state index is 15.0. The second-order valence-corrected chi connectivity index (χ2v) is 14.6. The number of fused-ring (bicyclic) bond motifs is 4. The number of likely N-dealkylation sites (tertiary alicyclic amines) is 2. The second-order valence-electron chi connectivity index (χ2n) is 14.6. The summed E-state index contributed by atoms with van der Waals surface area (Å²) in [7, 11) is 6.79. The summed E-state index contributed by atoms with van der Waals surface area (Å²) in [6.45, 7) is 7.65. The summed E-state index contributed by atoms with van der Waals surface area (Å²) >= 11 is 0. The predicted molar refractivity (Wildman–Crippen MR) is 196 cm³/mol. The van der Waals surface area contributed by atoms with Crippen molar-refractivity contribution in [3.05, 3.63) is 113 Å². The van der Waals surface area contributed by atoms with Crippen LogP contribution in [0.2, 0.25) is 0 Å². The molecule has 3 aliphatic rings. The van der Waals surface area contributed by atoms with E-state index in [-0.39, 0.29) is 17.2 Å². The second kappa shape index (κ2) is 13.6. The molecular formula is C42H49N3O5. The largest absolute Gasteiger partial charge is 0.497 e. The summed E-state index contributed by atoms with van der Waals surface area (Å²) in [6, 6.07) is 22.8. The Bertz CT molecular complexity index is 1860. The molecule has 262 valence electrons. The maximum atomic E-state index is 15.0. The first kappa shape index (κ1) is 33.8. The van der Waals surface area contributed by atoms with Crippen LogP contribution in [0.15, 0.2) is 90.8 Å². The van der Waals surface area contributed by atoms with Gasteiger partial charge >= 0.3 is 0 Å². The van der Waals surface area contributed by atoms with Gasteiger partial charge in [0.25, 0.3) is 0 Å². The third kappa shape index (κ3) is 6.26. The minimum absolute atomic E-state index is 0.173. The Morgan fingerprint density at radius 3 is 2.08 bits per heavy atom. The van der Waals surface area contributed by atoms with Crippen molar-refractivity contribution in [2.45, 2.75) is 63.6 Å². The number of rotatable bonds is 9. The van der Waals surface area contributed by atoms with Crippen molar-refractivity contribution in [3.63, 3.8) is 0 Å². The molecule has 3 heterocycles. The topological polar surface area (TPSA) is 65.4 Å². The first-order valence-electron chi connectivity index (χ1n) is 17.6. The Morgan fingerprint density at radius 2 is 1.42 bits per heavy atom. The number of benzene rings is 3. The van der Waals surface area contributed by atoms with E-state index < -0.39 is 5.54 Å². The molecule has 1 aliphatic carbocycles. The van der Waals surface area contributed by atoms with Gasteiger partial charge in [-0.2, -0.15) is 0 Å². The van der Waals surface area contributed by atoms with Crippen molar-refractivity contribution in [2.24, 2.45) is 5.92 Å². The van der Waals surface area contributed by atoms with Gasteiger partial charge in [0.15, 0.2) is 0 Å². The smallest absolute Gasteiger partial charge is 0.227 e. The van der Waals surface area contributed by atoms with Crippen LogP contribution >= 0.6 is 0 Å². The molecule has 1 atom stereocenters. The molecule has 2 bridgehead atoms. The minimum atomic E-state index is -0.395. The highest BCUT2D eigenvalue weighted by atomic mass is 16.5. The summed E-state index contributed by atoms with van der Waals surface area (Å²) in [4.78, 5) is 19.7. The molecule has 0 saturated carbocycles. The lowest BCUT2D eigenvalue weighted by Gasteiger charge is -2.55. The number of carbonyl (C=O) groups is 1. The third-order valence-electron chi connectivity index (χ3n) is 11.1. The summed E-state index contributed by atoms with van der Waals surface area (Å²) in [5.74, 6) is 3.20. The van der Waals surface area contributed by atoms with Crippen LogP contribution in [0.25, 0.3) is 5.69 Å². The van der Waals surface area contributed by atoms with Crippen LogP contribution in [-0.2, 0) is 29.7 Å². The molecule has 1 unspecified atom stereocenters. The van der Waals surface area contributed by atoms with Crippen LogP contribution in [0.3, 0.4) is 0 Å². The van der Waals surface area contributed by atoms with Crippen molar-refractivity contribution in [1.29, 1.82) is 0 Å². The van der Waals surface area contributed by atoms with Crippen molar-refractivity contribution in [1.82, 2.24) is 14.4 Å². The molecule has 8 heteroatoms. The number of carbonyl (C=O) groups excluding carboxylic acids is 1. The van der Waals surface area contributed by atoms with E-state index in [4.69, 9.17) is 18.9 Å². The van der Waals surface area contributed by atoms with Gasteiger partial charge in [-0.25, -0.2) is 0 Å². The molecule has 0 radical (unpaired) electrons. The summed E-state index contributed by atoms with van der Waals surface area (Å²) < 4.78 is 24.9. The van der Waals surface area contributed by atoms with E-state index in [1.54, 1.807) is 28.4 Å². The maximum Gasteiger partial charge on any atom is 0.227 e. The van der Waals surface area contributed by atoms with Crippen molar-refractivity contribution in [3.8, 4) is 28.7 Å². The summed E-state index contributed by atoms with van der Waals surface area (Å²) in [6.07, 6.45) is 9.72. The average Bonchev–Trinajstić information content (AvgIpc) is 3.67. The number of hydrogen-bond donors (Lipinski definition) is 0. The Labute approximate surface area is 296 Å². The highest BCUT2D eigenvalue weighted by Gasteiger charge is 2.52. The molecule has 2 aliphatic heterocycles. The number of nitrogens with zero attached hydrogens (tertiary/aromatic N) is 3. The number of aromatic nitrogens is 1. The van der Waals surface area contributed by atoms with Crippen molar-refractivity contribution < 1.29 is 23.7 Å². The Morgan fingerprint density at radius 1 is 0.740 bits per heavy atom. The Hall–Kier alpha value is -4.69. The van der Waals surface area contributed by atoms with Gasteiger partial charge in [0, 0.05) is 73.3 Å². The van der Waals surface area contributed by atoms with E-state index in [9.17, 15) is 4.79 Å². The predicted octanol–water partition coefficient (Wildman–Crippen LogP) is 7.36. The SMILES string of the molecule is COc1cc(CN2CCC3(CC2)/C2=C/C(C)(C)c4c(cc(OC)cc4OC)CC(C2)C(=O)N3Cc2cccc(-n3cccc3)c2)cc(OC)c1. The molecule has 0 N–H and O–H groups in total. The van der Waals surface area contributed by atoms with Gasteiger partial charge in [0.1, 0.15) is 23.0 Å². The number of amides is 1. The first-order valence-corrected chi connectivity index (χ1v) is 17.6. The van der Waals surface area contributed by atoms with Gasteiger partial charge in [-0.15, -0.1) is 0 Å². The molecule has 1 spiro atoms. The third-order valence-corrected chi connectivity index (χ3v) is 11.1. The summed E-state index contributed by atoms with van der Waals surface area (Å²) in [5, 5.41) is 0. The zero-order valence-electron chi connectivity index (χ0n) is 30.2. The number of ether oxygens (including phenoxy) is 4. The molecule has 3 aromatic carbocycles. The fraction of sp³-hybridized carbons (Fsp3) is 0.405. The van der Waals surface area contributed by atoms with Gasteiger partial charge in [0.05, 0.1) is 34.0 Å². The lowest BCUT2D eigenvalue weighted by atomic mass is 9.65. The molecule has 50 heavy (non-hydrogen) atoms. The molecule has 4 aromatic rings. The number of piperidine rings is 2. The van der Waals surface area contributed by atoms with E-state index in [1.165, 1.54) is 5.57 Å². The van der Waals surface area contributed by atoms with Crippen LogP contribution in [0.5, 0.6) is 23.0 Å². The molecule has 2 saturated heterocycles. The number of methoxy groups -OCH3 is 4. The fourth-order valence-electron chi connectivity index (χ4n) is 8.71. The number of allylic oxidation sites excluding steroid dienone is 1. The van der Waals surface area contributed by atoms with Crippen molar-refractivity contribution in [2.75, 3.05) is 41.5 Å². The van der Waals surface area contributed by atoms with Crippen LogP contribution in [0, 0.1) is 5.92 Å².